The maximum Gasteiger partial charge on any atom is 0.335 e. The molecule has 1 aliphatic rings. The highest BCUT2D eigenvalue weighted by Crippen LogP contribution is 2.35. The highest BCUT2D eigenvalue weighted by Gasteiger charge is 2.18. The van der Waals surface area contributed by atoms with E-state index in [0.29, 0.717) is 0 Å². The van der Waals surface area contributed by atoms with Crippen molar-refractivity contribution in [2.24, 2.45) is 0 Å². The van der Waals surface area contributed by atoms with Gasteiger partial charge in [0.2, 0.25) is 0 Å². The van der Waals surface area contributed by atoms with Crippen molar-refractivity contribution < 1.29 is 14.3 Å². The molecule has 4 aromatic rings. The maximum absolute atomic E-state index is 11.0. The van der Waals surface area contributed by atoms with Crippen molar-refractivity contribution in [1.82, 2.24) is 4.98 Å². The molecule has 0 fully saturated rings. The third-order valence-electron chi connectivity index (χ3n) is 5.15. The molecule has 0 amide bonds. The molecule has 0 bridgehead atoms. The molecule has 2 heterocycles. The second-order valence-corrected chi connectivity index (χ2v) is 6.75. The second-order valence-electron chi connectivity index (χ2n) is 6.75. The van der Waals surface area contributed by atoms with E-state index in [9.17, 15) is 4.79 Å². The minimum absolute atomic E-state index is 0.284. The third-order valence-corrected chi connectivity index (χ3v) is 5.15. The Hall–Kier alpha value is -3.27. The fourth-order valence-electron chi connectivity index (χ4n) is 3.80. The zero-order chi connectivity index (χ0) is 17.7. The van der Waals surface area contributed by atoms with Gasteiger partial charge in [0.1, 0.15) is 5.58 Å². The molecule has 0 atom stereocenters. The summed E-state index contributed by atoms with van der Waals surface area (Å²) in [5, 5.41) is 10.2. The van der Waals surface area contributed by atoms with Crippen molar-refractivity contribution in [3.05, 3.63) is 71.3 Å². The summed E-state index contributed by atoms with van der Waals surface area (Å²) in [7, 11) is 0. The van der Waals surface area contributed by atoms with Crippen LogP contribution in [0.3, 0.4) is 0 Å². The van der Waals surface area contributed by atoms with Crippen molar-refractivity contribution in [1.29, 1.82) is 0 Å². The first-order chi connectivity index (χ1) is 12.7. The van der Waals surface area contributed by atoms with Crippen LogP contribution < -0.4 is 0 Å². The highest BCUT2D eigenvalue weighted by atomic mass is 16.4. The Bertz CT molecular complexity index is 1130. The number of carboxylic acid groups (broad SMARTS) is 1. The lowest BCUT2D eigenvalue weighted by molar-refractivity contribution is 0.0697. The molecular weight excluding hydrogens is 326 g/mol. The molecular formula is C22H17NO3. The molecule has 26 heavy (non-hydrogen) atoms. The summed E-state index contributed by atoms with van der Waals surface area (Å²) in [5.41, 5.74) is 6.85. The highest BCUT2D eigenvalue weighted by molar-refractivity contribution is 5.88. The van der Waals surface area contributed by atoms with Crippen molar-refractivity contribution in [3.8, 4) is 22.7 Å². The SMILES string of the molecule is O=C(O)c1ccc(-c2ccc(-c3cc4ccc5c(c4o3)CCC5)[nH]2)cc1. The van der Waals surface area contributed by atoms with Gasteiger partial charge in [-0.2, -0.15) is 0 Å². The number of rotatable bonds is 3. The molecule has 4 nitrogen and oxygen atoms in total. The number of aromatic nitrogens is 1. The number of aryl methyl sites for hydroxylation is 2. The summed E-state index contributed by atoms with van der Waals surface area (Å²) in [6.07, 6.45) is 3.43. The van der Waals surface area contributed by atoms with E-state index in [1.54, 1.807) is 12.1 Å². The van der Waals surface area contributed by atoms with Gasteiger partial charge in [0.15, 0.2) is 5.76 Å². The number of nitrogens with one attached hydrogen (secondary N) is 1. The molecule has 5 rings (SSSR count). The van der Waals surface area contributed by atoms with Crippen molar-refractivity contribution >= 4 is 16.9 Å². The molecule has 1 aliphatic carbocycles. The van der Waals surface area contributed by atoms with Gasteiger partial charge in [-0.25, -0.2) is 4.79 Å². The lowest BCUT2D eigenvalue weighted by Gasteiger charge is -2.00. The lowest BCUT2D eigenvalue weighted by atomic mass is 10.1. The van der Waals surface area contributed by atoms with Gasteiger partial charge in [0.05, 0.1) is 11.3 Å². The van der Waals surface area contributed by atoms with Crippen LogP contribution in [0.15, 0.2) is 59.0 Å². The molecule has 0 saturated heterocycles. The first-order valence-electron chi connectivity index (χ1n) is 8.76. The van der Waals surface area contributed by atoms with E-state index in [0.717, 1.165) is 46.5 Å². The molecule has 2 N–H and O–H groups in total. The minimum Gasteiger partial charge on any atom is -0.478 e. The monoisotopic (exact) mass is 343 g/mol. The fourth-order valence-corrected chi connectivity index (χ4v) is 3.80. The fraction of sp³-hybridized carbons (Fsp3) is 0.136. The Labute approximate surface area is 150 Å². The molecule has 2 aromatic heterocycles. The van der Waals surface area contributed by atoms with Crippen LogP contribution in [-0.2, 0) is 12.8 Å². The van der Waals surface area contributed by atoms with Gasteiger partial charge in [0.25, 0.3) is 0 Å². The second kappa shape index (κ2) is 5.63. The van der Waals surface area contributed by atoms with E-state index in [1.165, 1.54) is 17.5 Å². The quantitative estimate of drug-likeness (QED) is 0.532. The molecule has 2 aromatic carbocycles. The number of H-pyrrole nitrogens is 1. The van der Waals surface area contributed by atoms with E-state index >= 15 is 0 Å². The van der Waals surface area contributed by atoms with Crippen LogP contribution in [0.25, 0.3) is 33.7 Å². The number of carboxylic acids is 1. The molecule has 0 radical (unpaired) electrons. The molecule has 4 heteroatoms. The standard InChI is InChI=1S/C22H17NO3/c24-22(25)15-7-5-14(6-8-15)18-10-11-19(23-18)20-12-16-9-4-13-2-1-3-17(13)21(16)26-20/h4-12,23H,1-3H2,(H,24,25). The van der Waals surface area contributed by atoms with Crippen LogP contribution in [0.5, 0.6) is 0 Å². The van der Waals surface area contributed by atoms with Crippen LogP contribution in [-0.4, -0.2) is 16.1 Å². The predicted molar refractivity (Wildman–Crippen MR) is 100 cm³/mol. The van der Waals surface area contributed by atoms with Crippen molar-refractivity contribution in [3.63, 3.8) is 0 Å². The Morgan fingerprint density at radius 1 is 0.962 bits per heavy atom. The average Bonchev–Trinajstić information content (AvgIpc) is 3.38. The maximum atomic E-state index is 11.0. The molecule has 0 unspecified atom stereocenters. The van der Waals surface area contributed by atoms with E-state index in [2.05, 4.69) is 23.2 Å². The number of furan rings is 1. The van der Waals surface area contributed by atoms with Gasteiger partial charge in [-0.3, -0.25) is 0 Å². The number of benzene rings is 2. The normalized spacial score (nSPS) is 13.2. The Morgan fingerprint density at radius 2 is 1.77 bits per heavy atom. The van der Waals surface area contributed by atoms with Gasteiger partial charge in [-0.05, 0) is 66.3 Å². The first kappa shape index (κ1) is 15.0. The van der Waals surface area contributed by atoms with E-state index < -0.39 is 5.97 Å². The van der Waals surface area contributed by atoms with Crippen LogP contribution in [0.4, 0.5) is 0 Å². The molecule has 128 valence electrons. The Balaban J connectivity index is 1.52. The third kappa shape index (κ3) is 2.34. The van der Waals surface area contributed by atoms with Gasteiger partial charge in [-0.1, -0.05) is 24.3 Å². The van der Waals surface area contributed by atoms with Gasteiger partial charge >= 0.3 is 5.97 Å². The summed E-state index contributed by atoms with van der Waals surface area (Å²) in [6, 6.07) is 17.3. The number of carbonyl (C=O) groups is 1. The number of aromatic carboxylic acids is 1. The first-order valence-corrected chi connectivity index (χ1v) is 8.76. The number of hydrogen-bond donors (Lipinski definition) is 2. The number of fused-ring (bicyclic) bond motifs is 3. The van der Waals surface area contributed by atoms with E-state index in [1.807, 2.05) is 24.3 Å². The van der Waals surface area contributed by atoms with Crippen LogP contribution in [0, 0.1) is 0 Å². The van der Waals surface area contributed by atoms with Gasteiger partial charge in [0, 0.05) is 11.1 Å². The molecule has 0 aliphatic heterocycles. The van der Waals surface area contributed by atoms with Crippen molar-refractivity contribution in [2.45, 2.75) is 19.3 Å². The average molecular weight is 343 g/mol. The van der Waals surface area contributed by atoms with Gasteiger partial charge in [-0.15, -0.1) is 0 Å². The summed E-state index contributed by atoms with van der Waals surface area (Å²) >= 11 is 0. The molecule has 0 saturated carbocycles. The summed E-state index contributed by atoms with van der Waals surface area (Å²) < 4.78 is 6.19. The van der Waals surface area contributed by atoms with E-state index in [4.69, 9.17) is 9.52 Å². The van der Waals surface area contributed by atoms with Crippen LogP contribution in [0.1, 0.15) is 27.9 Å². The molecule has 0 spiro atoms. The zero-order valence-electron chi connectivity index (χ0n) is 14.1. The lowest BCUT2D eigenvalue weighted by Crippen LogP contribution is -1.94. The topological polar surface area (TPSA) is 66.2 Å². The van der Waals surface area contributed by atoms with E-state index in [-0.39, 0.29) is 5.56 Å². The summed E-state index contributed by atoms with van der Waals surface area (Å²) in [5.74, 6) is -0.0905. The summed E-state index contributed by atoms with van der Waals surface area (Å²) in [6.45, 7) is 0. The Kier molecular flexibility index (Phi) is 3.25. The van der Waals surface area contributed by atoms with Crippen molar-refractivity contribution in [2.75, 3.05) is 0 Å². The minimum atomic E-state index is -0.918. The Morgan fingerprint density at radius 3 is 2.58 bits per heavy atom. The number of hydrogen-bond acceptors (Lipinski definition) is 2. The van der Waals surface area contributed by atoms with Crippen LogP contribution in [0.2, 0.25) is 0 Å². The largest absolute Gasteiger partial charge is 0.478 e. The summed E-state index contributed by atoms with van der Waals surface area (Å²) in [4.78, 5) is 14.4. The predicted octanol–water partition coefficient (Wildman–Crippen LogP) is 5.28. The smallest absolute Gasteiger partial charge is 0.335 e. The van der Waals surface area contributed by atoms with Crippen LogP contribution >= 0.6 is 0 Å². The number of aromatic amines is 1. The zero-order valence-corrected chi connectivity index (χ0v) is 14.1. The van der Waals surface area contributed by atoms with Gasteiger partial charge < -0.3 is 14.5 Å².